The SMILES string of the molecule is CC(=O)Cc1cn(C)c2cc(F)ccc12. The molecule has 0 aliphatic heterocycles. The third kappa shape index (κ3) is 1.77. The van der Waals surface area contributed by atoms with E-state index in [1.54, 1.807) is 13.0 Å². The van der Waals surface area contributed by atoms with Gasteiger partial charge in [-0.2, -0.15) is 0 Å². The van der Waals surface area contributed by atoms with Gasteiger partial charge < -0.3 is 4.57 Å². The van der Waals surface area contributed by atoms with E-state index in [0.717, 1.165) is 16.5 Å². The molecule has 2 nitrogen and oxygen atoms in total. The summed E-state index contributed by atoms with van der Waals surface area (Å²) in [5.41, 5.74) is 1.78. The zero-order chi connectivity index (χ0) is 11.0. The fraction of sp³-hybridized carbons (Fsp3) is 0.250. The Balaban J connectivity index is 2.62. The van der Waals surface area contributed by atoms with Crippen LogP contribution in [0, 0.1) is 5.82 Å². The second-order valence-electron chi connectivity index (χ2n) is 3.81. The molecular weight excluding hydrogens is 193 g/mol. The lowest BCUT2D eigenvalue weighted by molar-refractivity contribution is -0.116. The van der Waals surface area contributed by atoms with Crippen molar-refractivity contribution in [1.29, 1.82) is 0 Å². The van der Waals surface area contributed by atoms with E-state index >= 15 is 0 Å². The summed E-state index contributed by atoms with van der Waals surface area (Å²) in [6, 6.07) is 4.63. The van der Waals surface area contributed by atoms with E-state index in [0.29, 0.717) is 6.42 Å². The Bertz CT molecular complexity index is 528. The number of hydrogen-bond acceptors (Lipinski definition) is 1. The Morgan fingerprint density at radius 1 is 1.47 bits per heavy atom. The second-order valence-corrected chi connectivity index (χ2v) is 3.81. The minimum absolute atomic E-state index is 0.117. The van der Waals surface area contributed by atoms with Crippen molar-refractivity contribution in [1.82, 2.24) is 4.57 Å². The van der Waals surface area contributed by atoms with Gasteiger partial charge in [0.15, 0.2) is 0 Å². The largest absolute Gasteiger partial charge is 0.350 e. The van der Waals surface area contributed by atoms with E-state index in [4.69, 9.17) is 0 Å². The van der Waals surface area contributed by atoms with E-state index < -0.39 is 0 Å². The van der Waals surface area contributed by atoms with Crippen LogP contribution in [0.1, 0.15) is 12.5 Å². The number of fused-ring (bicyclic) bond motifs is 1. The fourth-order valence-corrected chi connectivity index (χ4v) is 1.85. The van der Waals surface area contributed by atoms with Crippen molar-refractivity contribution in [2.75, 3.05) is 0 Å². The van der Waals surface area contributed by atoms with Crippen molar-refractivity contribution in [2.24, 2.45) is 7.05 Å². The molecule has 0 radical (unpaired) electrons. The normalized spacial score (nSPS) is 10.9. The van der Waals surface area contributed by atoms with Gasteiger partial charge in [-0.3, -0.25) is 4.79 Å². The lowest BCUT2D eigenvalue weighted by Crippen LogP contribution is -1.94. The molecule has 15 heavy (non-hydrogen) atoms. The zero-order valence-electron chi connectivity index (χ0n) is 8.75. The molecule has 0 N–H and O–H groups in total. The highest BCUT2D eigenvalue weighted by atomic mass is 19.1. The number of hydrogen-bond donors (Lipinski definition) is 0. The van der Waals surface area contributed by atoms with Crippen LogP contribution in [0.4, 0.5) is 4.39 Å². The van der Waals surface area contributed by atoms with Crippen molar-refractivity contribution < 1.29 is 9.18 Å². The van der Waals surface area contributed by atoms with Gasteiger partial charge in [0.1, 0.15) is 11.6 Å². The molecule has 0 amide bonds. The first-order valence-corrected chi connectivity index (χ1v) is 4.81. The summed E-state index contributed by atoms with van der Waals surface area (Å²) in [5, 5.41) is 0.953. The molecule has 0 spiro atoms. The number of carbonyl (C=O) groups is 1. The van der Waals surface area contributed by atoms with Gasteiger partial charge in [0, 0.05) is 25.1 Å². The molecule has 0 atom stereocenters. The van der Waals surface area contributed by atoms with Crippen LogP contribution < -0.4 is 0 Å². The number of aryl methyl sites for hydroxylation is 1. The molecule has 1 aromatic heterocycles. The number of carbonyl (C=O) groups excluding carboxylic acids is 1. The molecule has 78 valence electrons. The molecule has 0 aliphatic rings. The van der Waals surface area contributed by atoms with Crippen LogP contribution in [-0.2, 0) is 18.3 Å². The molecule has 0 fully saturated rings. The highest BCUT2D eigenvalue weighted by Gasteiger charge is 2.08. The quantitative estimate of drug-likeness (QED) is 0.738. The minimum atomic E-state index is -0.252. The molecule has 0 aliphatic carbocycles. The lowest BCUT2D eigenvalue weighted by Gasteiger charge is -1.96. The number of Topliss-reactive ketones (excluding diaryl/α,β-unsaturated/α-hetero) is 1. The molecule has 1 aromatic carbocycles. The summed E-state index contributed by atoms with van der Waals surface area (Å²) in [4.78, 5) is 11.0. The smallest absolute Gasteiger partial charge is 0.134 e. The maximum absolute atomic E-state index is 13.0. The Hall–Kier alpha value is -1.64. The minimum Gasteiger partial charge on any atom is -0.350 e. The van der Waals surface area contributed by atoms with Crippen LogP contribution in [-0.4, -0.2) is 10.4 Å². The topological polar surface area (TPSA) is 22.0 Å². The highest BCUT2D eigenvalue weighted by Crippen LogP contribution is 2.22. The predicted octanol–water partition coefficient (Wildman–Crippen LogP) is 2.45. The summed E-state index contributed by atoms with van der Waals surface area (Å²) in [6.07, 6.45) is 2.29. The van der Waals surface area contributed by atoms with Crippen LogP contribution in [0.15, 0.2) is 24.4 Å². The van der Waals surface area contributed by atoms with Gasteiger partial charge in [-0.15, -0.1) is 0 Å². The maximum Gasteiger partial charge on any atom is 0.134 e. The van der Waals surface area contributed by atoms with E-state index in [9.17, 15) is 9.18 Å². The first kappa shape index (κ1) is 9.90. The number of nitrogens with zero attached hydrogens (tertiary/aromatic N) is 1. The zero-order valence-corrected chi connectivity index (χ0v) is 8.75. The summed E-state index contributed by atoms with van der Waals surface area (Å²) >= 11 is 0. The average Bonchev–Trinajstić information content (AvgIpc) is 2.42. The van der Waals surface area contributed by atoms with Crippen LogP contribution in [0.5, 0.6) is 0 Å². The van der Waals surface area contributed by atoms with E-state index in [1.807, 2.05) is 17.8 Å². The number of rotatable bonds is 2. The Morgan fingerprint density at radius 2 is 2.20 bits per heavy atom. The molecule has 0 unspecified atom stereocenters. The molecule has 0 saturated carbocycles. The van der Waals surface area contributed by atoms with Crippen molar-refractivity contribution in [3.63, 3.8) is 0 Å². The van der Waals surface area contributed by atoms with Gasteiger partial charge in [-0.25, -0.2) is 4.39 Å². The summed E-state index contributed by atoms with van der Waals surface area (Å²) in [5.74, 6) is -0.134. The van der Waals surface area contributed by atoms with Gasteiger partial charge in [-0.1, -0.05) is 0 Å². The van der Waals surface area contributed by atoms with Crippen molar-refractivity contribution >= 4 is 16.7 Å². The van der Waals surface area contributed by atoms with Crippen LogP contribution in [0.25, 0.3) is 10.9 Å². The van der Waals surface area contributed by atoms with Gasteiger partial charge in [0.05, 0.1) is 5.52 Å². The second kappa shape index (κ2) is 3.50. The van der Waals surface area contributed by atoms with Gasteiger partial charge in [-0.05, 0) is 30.7 Å². The van der Waals surface area contributed by atoms with E-state index in [1.165, 1.54) is 12.1 Å². The maximum atomic E-state index is 13.0. The summed E-state index contributed by atoms with van der Waals surface area (Å²) in [6.45, 7) is 1.56. The highest BCUT2D eigenvalue weighted by molar-refractivity contribution is 5.89. The van der Waals surface area contributed by atoms with E-state index in [2.05, 4.69) is 0 Å². The monoisotopic (exact) mass is 205 g/mol. The number of aromatic nitrogens is 1. The predicted molar refractivity (Wildman–Crippen MR) is 57.3 cm³/mol. The molecule has 1 heterocycles. The van der Waals surface area contributed by atoms with Gasteiger partial charge in [0.25, 0.3) is 0 Å². The molecular formula is C12H12FNO. The standard InChI is InChI=1S/C12H12FNO/c1-8(15)5-9-7-14(2)12-6-10(13)3-4-11(9)12/h3-4,6-7H,5H2,1-2H3. The van der Waals surface area contributed by atoms with Crippen LogP contribution >= 0.6 is 0 Å². The van der Waals surface area contributed by atoms with Crippen molar-refractivity contribution in [3.8, 4) is 0 Å². The molecule has 2 rings (SSSR count). The van der Waals surface area contributed by atoms with Gasteiger partial charge >= 0.3 is 0 Å². The number of benzene rings is 1. The molecule has 2 aromatic rings. The van der Waals surface area contributed by atoms with Crippen molar-refractivity contribution in [2.45, 2.75) is 13.3 Å². The first-order chi connectivity index (χ1) is 7.08. The third-order valence-electron chi connectivity index (χ3n) is 2.47. The lowest BCUT2D eigenvalue weighted by atomic mass is 10.1. The summed E-state index contributed by atoms with van der Waals surface area (Å²) in [7, 11) is 1.85. The fourth-order valence-electron chi connectivity index (χ4n) is 1.85. The number of ketones is 1. The third-order valence-corrected chi connectivity index (χ3v) is 2.47. The Kier molecular flexibility index (Phi) is 2.31. The molecule has 3 heteroatoms. The summed E-state index contributed by atoms with van der Waals surface area (Å²) < 4.78 is 14.9. The first-order valence-electron chi connectivity index (χ1n) is 4.81. The molecule has 0 saturated heterocycles. The Morgan fingerprint density at radius 3 is 2.87 bits per heavy atom. The Labute approximate surface area is 87.3 Å². The molecule has 0 bridgehead atoms. The van der Waals surface area contributed by atoms with Crippen LogP contribution in [0.3, 0.4) is 0 Å². The average molecular weight is 205 g/mol. The number of halogens is 1. The van der Waals surface area contributed by atoms with Gasteiger partial charge in [0.2, 0.25) is 0 Å². The van der Waals surface area contributed by atoms with Crippen molar-refractivity contribution in [3.05, 3.63) is 35.8 Å². The van der Waals surface area contributed by atoms with E-state index in [-0.39, 0.29) is 11.6 Å². The van der Waals surface area contributed by atoms with Crippen LogP contribution in [0.2, 0.25) is 0 Å².